The largest absolute Gasteiger partial charge is 0.452 e. The number of rotatable bonds is 8. The fraction of sp³-hybridized carbons (Fsp3) is 0.579. The molecule has 2 atom stereocenters. The second-order valence-corrected chi connectivity index (χ2v) is 8.70. The minimum absolute atomic E-state index is 0.00844. The quantitative estimate of drug-likeness (QED) is 0.656. The van der Waals surface area contributed by atoms with Crippen molar-refractivity contribution < 1.29 is 22.7 Å². The predicted molar refractivity (Wildman–Crippen MR) is 102 cm³/mol. The van der Waals surface area contributed by atoms with E-state index in [1.54, 1.807) is 0 Å². The topological polar surface area (TPSA) is 102 Å². The van der Waals surface area contributed by atoms with Gasteiger partial charge in [0.15, 0.2) is 6.61 Å². The van der Waals surface area contributed by atoms with Crippen molar-refractivity contribution in [3.8, 4) is 0 Å². The molecule has 0 aromatic heterocycles. The average Bonchev–Trinajstić information content (AvgIpc) is 2.66. The summed E-state index contributed by atoms with van der Waals surface area (Å²) in [5, 5.41) is 2.91. The Balaban J connectivity index is 1.92. The molecule has 1 fully saturated rings. The van der Waals surface area contributed by atoms with Crippen LogP contribution in [0.15, 0.2) is 29.2 Å². The lowest BCUT2D eigenvalue weighted by Gasteiger charge is -2.29. The molecule has 0 bridgehead atoms. The number of carbonyl (C=O) groups is 2. The van der Waals surface area contributed by atoms with Crippen LogP contribution in [0.2, 0.25) is 0 Å². The van der Waals surface area contributed by atoms with E-state index in [0.29, 0.717) is 18.9 Å². The summed E-state index contributed by atoms with van der Waals surface area (Å²) in [5.74, 6) is -0.652. The summed E-state index contributed by atoms with van der Waals surface area (Å²) in [4.78, 5) is 24.2. The van der Waals surface area contributed by atoms with Crippen molar-refractivity contribution in [1.82, 2.24) is 10.0 Å². The maximum Gasteiger partial charge on any atom is 0.338 e. The van der Waals surface area contributed by atoms with E-state index in [9.17, 15) is 18.0 Å². The second kappa shape index (κ2) is 9.85. The van der Waals surface area contributed by atoms with Crippen LogP contribution in [0.3, 0.4) is 0 Å². The van der Waals surface area contributed by atoms with Gasteiger partial charge in [0.25, 0.3) is 5.91 Å². The molecule has 8 heteroatoms. The molecule has 0 spiro atoms. The number of carbonyl (C=O) groups excluding carboxylic acids is 2. The molecule has 0 aliphatic heterocycles. The van der Waals surface area contributed by atoms with E-state index in [1.165, 1.54) is 30.7 Å². The maximum absolute atomic E-state index is 12.2. The van der Waals surface area contributed by atoms with Gasteiger partial charge in [0.05, 0.1) is 10.5 Å². The van der Waals surface area contributed by atoms with Gasteiger partial charge in [-0.2, -0.15) is 0 Å². The first-order chi connectivity index (χ1) is 12.8. The van der Waals surface area contributed by atoms with Gasteiger partial charge in [-0.1, -0.05) is 32.8 Å². The van der Waals surface area contributed by atoms with Crippen LogP contribution in [-0.4, -0.2) is 39.5 Å². The number of benzene rings is 1. The third-order valence-electron chi connectivity index (χ3n) is 4.71. The van der Waals surface area contributed by atoms with Crippen molar-refractivity contribution in [3.05, 3.63) is 29.8 Å². The third kappa shape index (κ3) is 6.32. The summed E-state index contributed by atoms with van der Waals surface area (Å²) < 4.78 is 31.8. The van der Waals surface area contributed by atoms with Gasteiger partial charge in [-0.25, -0.2) is 17.9 Å². The molecule has 1 aliphatic rings. The Bertz CT molecular complexity index is 763. The number of nitrogens with one attached hydrogen (secondary N) is 2. The van der Waals surface area contributed by atoms with E-state index in [1.807, 2.05) is 6.92 Å². The summed E-state index contributed by atoms with van der Waals surface area (Å²) in [5.41, 5.74) is 0.0909. The molecule has 0 saturated heterocycles. The van der Waals surface area contributed by atoms with Gasteiger partial charge in [0.1, 0.15) is 0 Å². The zero-order valence-electron chi connectivity index (χ0n) is 15.9. The number of hydrogen-bond acceptors (Lipinski definition) is 5. The van der Waals surface area contributed by atoms with Crippen molar-refractivity contribution in [3.63, 3.8) is 0 Å². The minimum Gasteiger partial charge on any atom is -0.452 e. The summed E-state index contributed by atoms with van der Waals surface area (Å²) in [7, 11) is -3.67. The highest BCUT2D eigenvalue weighted by molar-refractivity contribution is 7.89. The van der Waals surface area contributed by atoms with Gasteiger partial charge < -0.3 is 10.1 Å². The summed E-state index contributed by atoms with van der Waals surface area (Å²) in [6.45, 7) is 3.90. The Morgan fingerprint density at radius 3 is 2.67 bits per heavy atom. The number of sulfonamides is 1. The normalized spacial score (nSPS) is 20.1. The van der Waals surface area contributed by atoms with E-state index >= 15 is 0 Å². The predicted octanol–water partition coefficient (Wildman–Crippen LogP) is 2.23. The van der Waals surface area contributed by atoms with Gasteiger partial charge in [0, 0.05) is 12.6 Å². The first-order valence-corrected chi connectivity index (χ1v) is 10.9. The molecule has 1 amide bonds. The lowest BCUT2D eigenvalue weighted by Crippen LogP contribution is -2.42. The molecule has 1 aromatic carbocycles. The van der Waals surface area contributed by atoms with Crippen molar-refractivity contribution in [1.29, 1.82) is 0 Å². The highest BCUT2D eigenvalue weighted by Crippen LogP contribution is 2.23. The fourth-order valence-electron chi connectivity index (χ4n) is 3.10. The molecule has 27 heavy (non-hydrogen) atoms. The summed E-state index contributed by atoms with van der Waals surface area (Å²) >= 11 is 0. The monoisotopic (exact) mass is 396 g/mol. The zero-order valence-corrected chi connectivity index (χ0v) is 16.7. The molecule has 1 aliphatic carbocycles. The molecule has 2 N–H and O–H groups in total. The molecule has 7 nitrogen and oxygen atoms in total. The van der Waals surface area contributed by atoms with E-state index in [-0.39, 0.29) is 29.0 Å². The van der Waals surface area contributed by atoms with Crippen molar-refractivity contribution in [2.24, 2.45) is 5.92 Å². The van der Waals surface area contributed by atoms with Gasteiger partial charge in [-0.05, 0) is 43.4 Å². The Morgan fingerprint density at radius 2 is 1.96 bits per heavy atom. The lowest BCUT2D eigenvalue weighted by molar-refractivity contribution is -0.125. The van der Waals surface area contributed by atoms with E-state index in [0.717, 1.165) is 19.3 Å². The molecule has 1 aromatic rings. The molecule has 0 radical (unpaired) electrons. The van der Waals surface area contributed by atoms with Crippen LogP contribution in [0.25, 0.3) is 0 Å². The van der Waals surface area contributed by atoms with Crippen LogP contribution in [0.1, 0.15) is 56.3 Å². The van der Waals surface area contributed by atoms with Crippen molar-refractivity contribution >= 4 is 21.9 Å². The van der Waals surface area contributed by atoms with Crippen LogP contribution in [0, 0.1) is 5.92 Å². The Morgan fingerprint density at radius 1 is 1.22 bits per heavy atom. The molecule has 2 rings (SSSR count). The zero-order chi connectivity index (χ0) is 19.9. The standard InChI is InChI=1S/C19H28N2O5S/c1-3-11-20-27(24,25)16-9-6-8-15(12-16)19(23)26-13-18(22)21-17-10-5-4-7-14(17)2/h6,8-9,12,14,17,20H,3-5,7,10-11,13H2,1-2H3,(H,21,22)/t14-,17-/m0/s1. The Hall–Kier alpha value is -1.93. The van der Waals surface area contributed by atoms with Crippen LogP contribution >= 0.6 is 0 Å². The Kier molecular flexibility index (Phi) is 7.79. The minimum atomic E-state index is -3.67. The second-order valence-electron chi connectivity index (χ2n) is 6.94. The van der Waals surface area contributed by atoms with Crippen LogP contribution in [-0.2, 0) is 19.6 Å². The van der Waals surface area contributed by atoms with E-state index in [2.05, 4.69) is 17.0 Å². The highest BCUT2D eigenvalue weighted by Gasteiger charge is 2.23. The lowest BCUT2D eigenvalue weighted by atomic mass is 9.86. The summed E-state index contributed by atoms with van der Waals surface area (Å²) in [6, 6.07) is 5.71. The molecular formula is C19H28N2O5S. The number of amides is 1. The number of ether oxygens (including phenoxy) is 1. The van der Waals surface area contributed by atoms with Gasteiger partial charge >= 0.3 is 5.97 Å². The van der Waals surface area contributed by atoms with Crippen LogP contribution in [0.5, 0.6) is 0 Å². The van der Waals surface area contributed by atoms with Crippen molar-refractivity contribution in [2.45, 2.75) is 56.9 Å². The maximum atomic E-state index is 12.2. The van der Waals surface area contributed by atoms with Crippen LogP contribution < -0.4 is 10.0 Å². The molecule has 1 saturated carbocycles. The van der Waals surface area contributed by atoms with Crippen LogP contribution in [0.4, 0.5) is 0 Å². The third-order valence-corrected chi connectivity index (χ3v) is 6.17. The molecule has 0 heterocycles. The molecular weight excluding hydrogens is 368 g/mol. The van der Waals surface area contributed by atoms with Gasteiger partial charge in [0.2, 0.25) is 10.0 Å². The first kappa shape index (κ1) is 21.4. The highest BCUT2D eigenvalue weighted by atomic mass is 32.2. The first-order valence-electron chi connectivity index (χ1n) is 9.39. The number of esters is 1. The molecule has 150 valence electrons. The fourth-order valence-corrected chi connectivity index (χ4v) is 4.28. The Labute approximate surface area is 160 Å². The van der Waals surface area contributed by atoms with E-state index in [4.69, 9.17) is 4.74 Å². The van der Waals surface area contributed by atoms with E-state index < -0.39 is 16.0 Å². The SMILES string of the molecule is CCCNS(=O)(=O)c1cccc(C(=O)OCC(=O)N[C@H]2CCCC[C@@H]2C)c1. The summed E-state index contributed by atoms with van der Waals surface area (Å²) in [6.07, 6.45) is 4.94. The van der Waals surface area contributed by atoms with Gasteiger partial charge in [-0.3, -0.25) is 4.79 Å². The van der Waals surface area contributed by atoms with Crippen molar-refractivity contribution in [2.75, 3.05) is 13.2 Å². The number of hydrogen-bond donors (Lipinski definition) is 2. The molecule has 0 unspecified atom stereocenters. The average molecular weight is 397 g/mol. The smallest absolute Gasteiger partial charge is 0.338 e. The van der Waals surface area contributed by atoms with Gasteiger partial charge in [-0.15, -0.1) is 0 Å².